The molecule has 7 heteroatoms. The van der Waals surface area contributed by atoms with E-state index < -0.39 is 0 Å². The van der Waals surface area contributed by atoms with Crippen LogP contribution in [-0.2, 0) is 0 Å². The summed E-state index contributed by atoms with van der Waals surface area (Å²) in [7, 11) is 0. The molecule has 3 aromatic rings. The minimum atomic E-state index is -0.0903. The van der Waals surface area contributed by atoms with Crippen LogP contribution in [0.25, 0.3) is 10.1 Å². The SMILES string of the molecule is Cc1cc(N2CCC(NC(=O)c3cc4sccc4cn3)CC2)nc(C)n1. The number of hydrogen-bond acceptors (Lipinski definition) is 6. The minimum Gasteiger partial charge on any atom is -0.356 e. The van der Waals surface area contributed by atoms with Crippen molar-refractivity contribution in [3.63, 3.8) is 0 Å². The Kier molecular flexibility index (Phi) is 4.55. The fraction of sp³-hybridized carbons (Fsp3) is 0.368. The first-order valence-corrected chi connectivity index (χ1v) is 9.68. The number of carbonyl (C=O) groups is 1. The van der Waals surface area contributed by atoms with E-state index in [1.54, 1.807) is 17.5 Å². The van der Waals surface area contributed by atoms with Gasteiger partial charge >= 0.3 is 0 Å². The molecule has 0 spiro atoms. The van der Waals surface area contributed by atoms with Gasteiger partial charge in [0.05, 0.1) is 0 Å². The van der Waals surface area contributed by atoms with E-state index in [0.29, 0.717) is 5.69 Å². The monoisotopic (exact) mass is 367 g/mol. The summed E-state index contributed by atoms with van der Waals surface area (Å²) in [6, 6.07) is 6.08. The first kappa shape index (κ1) is 16.9. The number of anilines is 1. The molecule has 26 heavy (non-hydrogen) atoms. The number of aryl methyl sites for hydroxylation is 2. The van der Waals surface area contributed by atoms with Gasteiger partial charge in [0.25, 0.3) is 5.91 Å². The van der Waals surface area contributed by atoms with Gasteiger partial charge in [-0.15, -0.1) is 11.3 Å². The summed E-state index contributed by atoms with van der Waals surface area (Å²) >= 11 is 1.63. The van der Waals surface area contributed by atoms with E-state index in [9.17, 15) is 4.79 Å². The number of nitrogens with zero attached hydrogens (tertiary/aromatic N) is 4. The highest BCUT2D eigenvalue weighted by Gasteiger charge is 2.23. The van der Waals surface area contributed by atoms with Crippen LogP contribution in [0.4, 0.5) is 5.82 Å². The third-order valence-corrected chi connectivity index (χ3v) is 5.56. The number of amides is 1. The van der Waals surface area contributed by atoms with E-state index >= 15 is 0 Å². The zero-order chi connectivity index (χ0) is 18.1. The van der Waals surface area contributed by atoms with Crippen molar-refractivity contribution in [2.75, 3.05) is 18.0 Å². The molecule has 4 heterocycles. The first-order valence-electron chi connectivity index (χ1n) is 8.80. The van der Waals surface area contributed by atoms with Gasteiger partial charge in [-0.2, -0.15) is 0 Å². The topological polar surface area (TPSA) is 71.0 Å². The van der Waals surface area contributed by atoms with Crippen molar-refractivity contribution < 1.29 is 4.79 Å². The molecule has 1 fully saturated rings. The standard InChI is InChI=1S/C19H21N5OS/c1-12-9-18(22-13(2)21-12)24-6-3-15(4-7-24)23-19(25)16-10-17-14(11-20-16)5-8-26-17/h5,8-11,15H,3-4,6-7H2,1-2H3,(H,23,25). The summed E-state index contributed by atoms with van der Waals surface area (Å²) in [4.78, 5) is 27.9. The summed E-state index contributed by atoms with van der Waals surface area (Å²) in [6.45, 7) is 5.65. The second-order valence-electron chi connectivity index (χ2n) is 6.68. The molecule has 134 valence electrons. The Morgan fingerprint density at radius 2 is 2.04 bits per heavy atom. The summed E-state index contributed by atoms with van der Waals surface area (Å²) in [5.41, 5.74) is 1.47. The molecular weight excluding hydrogens is 346 g/mol. The number of carbonyl (C=O) groups excluding carboxylic acids is 1. The van der Waals surface area contributed by atoms with Crippen LogP contribution in [0.2, 0.25) is 0 Å². The first-order chi connectivity index (χ1) is 12.6. The molecular formula is C19H21N5OS. The minimum absolute atomic E-state index is 0.0903. The van der Waals surface area contributed by atoms with Gasteiger partial charge < -0.3 is 10.2 Å². The molecule has 0 aromatic carbocycles. The summed E-state index contributed by atoms with van der Waals surface area (Å²) in [5, 5.41) is 6.22. The van der Waals surface area contributed by atoms with E-state index in [2.05, 4.69) is 25.2 Å². The van der Waals surface area contributed by atoms with E-state index in [1.165, 1.54) is 0 Å². The average Bonchev–Trinajstić information content (AvgIpc) is 3.09. The Morgan fingerprint density at radius 3 is 2.81 bits per heavy atom. The normalized spacial score (nSPS) is 15.4. The highest BCUT2D eigenvalue weighted by molar-refractivity contribution is 7.17. The molecule has 1 aliphatic heterocycles. The molecule has 3 aromatic heterocycles. The maximum atomic E-state index is 12.5. The van der Waals surface area contributed by atoms with Gasteiger partial charge in [0.2, 0.25) is 0 Å². The zero-order valence-corrected chi connectivity index (χ0v) is 15.7. The van der Waals surface area contributed by atoms with Crippen molar-refractivity contribution in [1.29, 1.82) is 0 Å². The van der Waals surface area contributed by atoms with Crippen LogP contribution >= 0.6 is 11.3 Å². The molecule has 0 aliphatic carbocycles. The van der Waals surface area contributed by atoms with Crippen LogP contribution in [0.15, 0.2) is 29.8 Å². The van der Waals surface area contributed by atoms with Crippen molar-refractivity contribution in [1.82, 2.24) is 20.3 Å². The fourth-order valence-corrected chi connectivity index (χ4v) is 4.15. The molecule has 1 N–H and O–H groups in total. The van der Waals surface area contributed by atoms with E-state index in [-0.39, 0.29) is 11.9 Å². The van der Waals surface area contributed by atoms with Crippen molar-refractivity contribution in [2.45, 2.75) is 32.7 Å². The predicted octanol–water partition coefficient (Wildman–Crippen LogP) is 3.10. The lowest BCUT2D eigenvalue weighted by atomic mass is 10.0. The van der Waals surface area contributed by atoms with Crippen LogP contribution in [0.1, 0.15) is 34.8 Å². The average molecular weight is 367 g/mol. The number of fused-ring (bicyclic) bond motifs is 1. The molecule has 0 radical (unpaired) electrons. The van der Waals surface area contributed by atoms with Gasteiger partial charge in [0.15, 0.2) is 0 Å². The van der Waals surface area contributed by atoms with Gasteiger partial charge in [-0.05, 0) is 44.2 Å². The van der Waals surface area contributed by atoms with Crippen molar-refractivity contribution >= 4 is 33.1 Å². The van der Waals surface area contributed by atoms with E-state index in [4.69, 9.17) is 0 Å². The Morgan fingerprint density at radius 1 is 1.23 bits per heavy atom. The number of piperidine rings is 1. The van der Waals surface area contributed by atoms with Gasteiger partial charge in [0.1, 0.15) is 17.3 Å². The lowest BCUT2D eigenvalue weighted by Crippen LogP contribution is -2.45. The van der Waals surface area contributed by atoms with Crippen molar-refractivity contribution in [3.05, 3.63) is 47.0 Å². The molecule has 0 bridgehead atoms. The second-order valence-corrected chi connectivity index (χ2v) is 7.63. The van der Waals surface area contributed by atoms with Gasteiger partial charge in [-0.25, -0.2) is 9.97 Å². The molecule has 6 nitrogen and oxygen atoms in total. The van der Waals surface area contributed by atoms with Gasteiger partial charge in [0, 0.05) is 47.2 Å². The van der Waals surface area contributed by atoms with Gasteiger partial charge in [-0.1, -0.05) is 0 Å². The number of hydrogen-bond donors (Lipinski definition) is 1. The molecule has 0 unspecified atom stereocenters. The molecule has 1 aliphatic rings. The van der Waals surface area contributed by atoms with Crippen LogP contribution in [0.3, 0.4) is 0 Å². The number of nitrogens with one attached hydrogen (secondary N) is 1. The molecule has 0 saturated carbocycles. The molecule has 4 rings (SSSR count). The predicted molar refractivity (Wildman–Crippen MR) is 104 cm³/mol. The maximum absolute atomic E-state index is 12.5. The number of pyridine rings is 1. The number of thiophene rings is 1. The Balaban J connectivity index is 1.38. The lowest BCUT2D eigenvalue weighted by Gasteiger charge is -2.33. The second kappa shape index (κ2) is 6.99. The highest BCUT2D eigenvalue weighted by atomic mass is 32.1. The fourth-order valence-electron chi connectivity index (χ4n) is 3.35. The highest BCUT2D eigenvalue weighted by Crippen LogP contribution is 2.21. The Hall–Kier alpha value is -2.54. The lowest BCUT2D eigenvalue weighted by molar-refractivity contribution is 0.0926. The largest absolute Gasteiger partial charge is 0.356 e. The molecule has 1 amide bonds. The Bertz CT molecular complexity index is 926. The summed E-state index contributed by atoms with van der Waals surface area (Å²) < 4.78 is 1.09. The quantitative estimate of drug-likeness (QED) is 0.770. The van der Waals surface area contributed by atoms with Gasteiger partial charge in [-0.3, -0.25) is 9.78 Å². The number of rotatable bonds is 3. The van der Waals surface area contributed by atoms with E-state index in [0.717, 1.165) is 53.4 Å². The third kappa shape index (κ3) is 3.53. The third-order valence-electron chi connectivity index (χ3n) is 4.68. The van der Waals surface area contributed by atoms with Crippen LogP contribution < -0.4 is 10.2 Å². The summed E-state index contributed by atoms with van der Waals surface area (Å²) in [6.07, 6.45) is 3.56. The summed E-state index contributed by atoms with van der Waals surface area (Å²) in [5.74, 6) is 1.68. The molecule has 1 saturated heterocycles. The smallest absolute Gasteiger partial charge is 0.270 e. The van der Waals surface area contributed by atoms with Crippen LogP contribution in [-0.4, -0.2) is 40.0 Å². The van der Waals surface area contributed by atoms with Crippen LogP contribution in [0.5, 0.6) is 0 Å². The Labute approximate surface area is 156 Å². The van der Waals surface area contributed by atoms with Crippen LogP contribution in [0, 0.1) is 13.8 Å². The van der Waals surface area contributed by atoms with Crippen molar-refractivity contribution in [3.8, 4) is 0 Å². The maximum Gasteiger partial charge on any atom is 0.270 e. The molecule has 0 atom stereocenters. The number of aromatic nitrogens is 3. The zero-order valence-electron chi connectivity index (χ0n) is 14.9. The van der Waals surface area contributed by atoms with Crippen molar-refractivity contribution in [2.24, 2.45) is 0 Å². The van der Waals surface area contributed by atoms with E-state index in [1.807, 2.05) is 37.4 Å².